The topological polar surface area (TPSA) is 31.5 Å². The first-order chi connectivity index (χ1) is 2.56. The summed E-state index contributed by atoms with van der Waals surface area (Å²) in [5.41, 5.74) is -0.403. The molecule has 2 radical (unpaired) electrons. The summed E-state index contributed by atoms with van der Waals surface area (Å²) in [4.78, 5) is 3.94. The molecule has 0 aromatic carbocycles. The van der Waals surface area contributed by atoms with E-state index in [-0.39, 0.29) is 0 Å². The molecule has 0 atom stereocenters. The lowest BCUT2D eigenvalue weighted by atomic mass is 10.2. The van der Waals surface area contributed by atoms with Gasteiger partial charge in [0.1, 0.15) is 0 Å². The Bertz CT molecular complexity index is 37.3. The zero-order valence-corrected chi connectivity index (χ0v) is 4.36. The molecule has 6 heavy (non-hydrogen) atoms. The zero-order chi connectivity index (χ0) is 5.21. The molecular formula is C4H9NO. The standard InChI is InChI=1S/C4H9NO/c1-4(2,3)6-5/h1-3H3. The summed E-state index contributed by atoms with van der Waals surface area (Å²) in [7, 11) is 0. The summed E-state index contributed by atoms with van der Waals surface area (Å²) in [6, 6.07) is 0. The van der Waals surface area contributed by atoms with Crippen molar-refractivity contribution in [2.75, 3.05) is 0 Å². The van der Waals surface area contributed by atoms with Gasteiger partial charge in [0.2, 0.25) is 0 Å². The van der Waals surface area contributed by atoms with Crippen molar-refractivity contribution >= 4 is 0 Å². The number of nitrogens with zero attached hydrogens (tertiary/aromatic N) is 1. The lowest BCUT2D eigenvalue weighted by Gasteiger charge is -2.10. The Balaban J connectivity index is 3.17. The number of hydrogen-bond donors (Lipinski definition) is 0. The molecule has 0 aromatic heterocycles. The van der Waals surface area contributed by atoms with Crippen LogP contribution in [0.1, 0.15) is 20.8 Å². The quantitative estimate of drug-likeness (QED) is 0.402. The Labute approximate surface area is 38.2 Å². The van der Waals surface area contributed by atoms with Gasteiger partial charge in [-0.15, -0.1) is 0 Å². The maximum absolute atomic E-state index is 7.90. The molecule has 0 aromatic rings. The molecule has 0 fully saturated rings. The van der Waals surface area contributed by atoms with E-state index in [1.807, 2.05) is 0 Å². The highest BCUT2D eigenvalue weighted by atomic mass is 16.6. The second-order valence-electron chi connectivity index (χ2n) is 2.20. The lowest BCUT2D eigenvalue weighted by Crippen LogP contribution is -2.17. The fourth-order valence-electron chi connectivity index (χ4n) is 0. The van der Waals surface area contributed by atoms with Gasteiger partial charge in [0, 0.05) is 5.90 Å². The van der Waals surface area contributed by atoms with Crippen LogP contribution in [0.15, 0.2) is 0 Å². The second-order valence-corrected chi connectivity index (χ2v) is 2.20. The van der Waals surface area contributed by atoms with Crippen molar-refractivity contribution in [3.63, 3.8) is 0 Å². The molecule has 0 bridgehead atoms. The summed E-state index contributed by atoms with van der Waals surface area (Å²) >= 11 is 0. The van der Waals surface area contributed by atoms with Gasteiger partial charge in [-0.25, -0.2) is 0 Å². The Morgan fingerprint density at radius 3 is 1.50 bits per heavy atom. The Hall–Kier alpha value is -0.0800. The van der Waals surface area contributed by atoms with Crippen molar-refractivity contribution in [1.29, 1.82) is 0 Å². The van der Waals surface area contributed by atoms with Crippen LogP contribution in [-0.2, 0) is 4.84 Å². The highest BCUT2D eigenvalue weighted by Gasteiger charge is 2.07. The fourth-order valence-corrected chi connectivity index (χ4v) is 0. The van der Waals surface area contributed by atoms with Crippen molar-refractivity contribution in [3.05, 3.63) is 0 Å². The highest BCUT2D eigenvalue weighted by Crippen LogP contribution is 2.01. The van der Waals surface area contributed by atoms with Crippen molar-refractivity contribution in [2.45, 2.75) is 26.4 Å². The molecular weight excluding hydrogens is 78.0 g/mol. The Kier molecular flexibility index (Phi) is 1.56. The molecule has 0 spiro atoms. The van der Waals surface area contributed by atoms with Gasteiger partial charge in [0.05, 0.1) is 5.60 Å². The maximum Gasteiger partial charge on any atom is 0.0850 e. The second kappa shape index (κ2) is 1.58. The zero-order valence-electron chi connectivity index (χ0n) is 4.36. The Morgan fingerprint density at radius 2 is 1.50 bits per heavy atom. The third-order valence-corrected chi connectivity index (χ3v) is 0.274. The van der Waals surface area contributed by atoms with Crippen LogP contribution in [0.4, 0.5) is 0 Å². The molecule has 36 valence electrons. The minimum Gasteiger partial charge on any atom is -0.258 e. The molecule has 0 aliphatic carbocycles. The summed E-state index contributed by atoms with van der Waals surface area (Å²) < 4.78 is 0. The predicted octanol–water partition coefficient (Wildman–Crippen LogP) is 0.785. The largest absolute Gasteiger partial charge is 0.258 e. The Morgan fingerprint density at radius 1 is 1.33 bits per heavy atom. The monoisotopic (exact) mass is 87.1 g/mol. The number of hydrogen-bond acceptors (Lipinski definition) is 1. The van der Waals surface area contributed by atoms with Gasteiger partial charge in [0.25, 0.3) is 0 Å². The van der Waals surface area contributed by atoms with Gasteiger partial charge in [-0.05, 0) is 20.8 Å². The van der Waals surface area contributed by atoms with E-state index in [2.05, 4.69) is 4.84 Å². The van der Waals surface area contributed by atoms with Gasteiger partial charge in [-0.1, -0.05) is 0 Å². The summed E-state index contributed by atoms with van der Waals surface area (Å²) in [6.45, 7) is 5.31. The molecule has 0 heterocycles. The highest BCUT2D eigenvalue weighted by molar-refractivity contribution is 4.54. The molecule has 0 rings (SSSR count). The SMILES string of the molecule is CC(C)(C)O[N]. The van der Waals surface area contributed by atoms with E-state index in [0.29, 0.717) is 0 Å². The van der Waals surface area contributed by atoms with Gasteiger partial charge >= 0.3 is 0 Å². The molecule has 0 saturated heterocycles. The van der Waals surface area contributed by atoms with Crippen molar-refractivity contribution in [1.82, 2.24) is 5.90 Å². The van der Waals surface area contributed by atoms with Gasteiger partial charge in [-0.3, -0.25) is 4.84 Å². The molecule has 0 aliphatic heterocycles. The minimum atomic E-state index is -0.403. The van der Waals surface area contributed by atoms with Crippen LogP contribution in [0.5, 0.6) is 0 Å². The first-order valence-corrected chi connectivity index (χ1v) is 1.89. The first-order valence-electron chi connectivity index (χ1n) is 1.89. The first kappa shape index (κ1) is 5.92. The minimum absolute atomic E-state index is 0.403. The van der Waals surface area contributed by atoms with E-state index in [1.165, 1.54) is 0 Å². The average Bonchev–Trinajstić information content (AvgIpc) is 1.35. The van der Waals surface area contributed by atoms with Crippen LogP contribution >= 0.6 is 0 Å². The van der Waals surface area contributed by atoms with E-state index < -0.39 is 5.60 Å². The van der Waals surface area contributed by atoms with E-state index in [9.17, 15) is 0 Å². The third-order valence-electron chi connectivity index (χ3n) is 0.274. The molecule has 0 aliphatic rings. The molecule has 0 amide bonds. The third kappa shape index (κ3) is 3.92. The van der Waals surface area contributed by atoms with E-state index in [1.54, 1.807) is 20.8 Å². The van der Waals surface area contributed by atoms with E-state index >= 15 is 0 Å². The summed E-state index contributed by atoms with van der Waals surface area (Å²) in [5, 5.41) is 0. The van der Waals surface area contributed by atoms with Crippen LogP contribution in [0.25, 0.3) is 0 Å². The van der Waals surface area contributed by atoms with Gasteiger partial charge in [0.15, 0.2) is 0 Å². The molecule has 2 heteroatoms. The maximum atomic E-state index is 7.90. The normalized spacial score (nSPS) is 12.0. The lowest BCUT2D eigenvalue weighted by molar-refractivity contribution is -0.0187. The van der Waals surface area contributed by atoms with Crippen molar-refractivity contribution in [3.8, 4) is 0 Å². The van der Waals surface area contributed by atoms with E-state index in [0.717, 1.165) is 0 Å². The van der Waals surface area contributed by atoms with Crippen LogP contribution < -0.4 is 5.90 Å². The molecule has 0 N–H and O–H groups in total. The predicted molar refractivity (Wildman–Crippen MR) is 23.0 cm³/mol. The van der Waals surface area contributed by atoms with Crippen LogP contribution in [-0.4, -0.2) is 5.60 Å². The van der Waals surface area contributed by atoms with Gasteiger partial charge < -0.3 is 0 Å². The molecule has 0 saturated carbocycles. The molecule has 2 nitrogen and oxygen atoms in total. The summed E-state index contributed by atoms with van der Waals surface area (Å²) in [5.74, 6) is 7.90. The van der Waals surface area contributed by atoms with Crippen molar-refractivity contribution in [2.24, 2.45) is 0 Å². The smallest absolute Gasteiger partial charge is 0.0850 e. The summed E-state index contributed by atoms with van der Waals surface area (Å²) in [6.07, 6.45) is 0. The average molecular weight is 87.1 g/mol. The number of rotatable bonds is 0. The van der Waals surface area contributed by atoms with Crippen LogP contribution in [0.3, 0.4) is 0 Å². The molecule has 0 unspecified atom stereocenters. The van der Waals surface area contributed by atoms with Crippen LogP contribution in [0, 0.1) is 0 Å². The van der Waals surface area contributed by atoms with Gasteiger partial charge in [-0.2, -0.15) is 0 Å². The van der Waals surface area contributed by atoms with E-state index in [4.69, 9.17) is 5.90 Å². The fraction of sp³-hybridized carbons (Fsp3) is 1.00. The van der Waals surface area contributed by atoms with Crippen molar-refractivity contribution < 1.29 is 4.84 Å². The van der Waals surface area contributed by atoms with Crippen LogP contribution in [0.2, 0.25) is 0 Å².